The summed E-state index contributed by atoms with van der Waals surface area (Å²) in [6.07, 6.45) is 9.99. The van der Waals surface area contributed by atoms with Crippen LogP contribution in [-0.4, -0.2) is 30.5 Å². The van der Waals surface area contributed by atoms with Crippen LogP contribution in [0.5, 0.6) is 0 Å². The third kappa shape index (κ3) is 4.24. The fourth-order valence-corrected chi connectivity index (χ4v) is 4.74. The fraction of sp³-hybridized carbons (Fsp3) is 0.103. The second-order valence-corrected chi connectivity index (χ2v) is 8.87. The number of pyridine rings is 1. The highest BCUT2D eigenvalue weighted by atomic mass is 19.1. The number of nitrogens with zero attached hydrogens (tertiary/aromatic N) is 6. The van der Waals surface area contributed by atoms with Gasteiger partial charge in [0.1, 0.15) is 23.3 Å². The van der Waals surface area contributed by atoms with E-state index < -0.39 is 6.04 Å². The topological polar surface area (TPSA) is 82.0 Å². The lowest BCUT2D eigenvalue weighted by atomic mass is 10.1. The molecular formula is C29H23FN6O2. The van der Waals surface area contributed by atoms with Crippen molar-refractivity contribution in [3.05, 3.63) is 115 Å². The molecule has 6 aromatic rings. The molecule has 0 N–H and O–H groups in total. The van der Waals surface area contributed by atoms with Crippen molar-refractivity contribution in [3.63, 3.8) is 0 Å². The molecule has 1 amide bonds. The number of amides is 1. The van der Waals surface area contributed by atoms with E-state index in [1.165, 1.54) is 17.0 Å². The lowest BCUT2D eigenvalue weighted by molar-refractivity contribution is -0.108. The van der Waals surface area contributed by atoms with Crippen LogP contribution in [0.4, 0.5) is 10.3 Å². The standard InChI is InChI=1S/C29H23FN6O2/c1-34-26(23-7-2-3-8-24(23)35-13-12-31-18-35)17-33-29(34)25(16-22-6-4-5-11-32-22)36(19-37)28-15-20-14-21(30)9-10-27(20)38-28/h2-15,17-19,25H,16H2,1H3/t25-/m0/s1. The Labute approximate surface area is 217 Å². The molecule has 4 heterocycles. The highest BCUT2D eigenvalue weighted by Gasteiger charge is 2.29. The van der Waals surface area contributed by atoms with Crippen LogP contribution in [0.15, 0.2) is 102 Å². The number of hydrogen-bond acceptors (Lipinski definition) is 5. The third-order valence-electron chi connectivity index (χ3n) is 6.58. The van der Waals surface area contributed by atoms with E-state index in [4.69, 9.17) is 9.40 Å². The zero-order chi connectivity index (χ0) is 26.1. The maximum absolute atomic E-state index is 13.8. The molecule has 6 rings (SSSR count). The molecule has 0 unspecified atom stereocenters. The molecule has 38 heavy (non-hydrogen) atoms. The van der Waals surface area contributed by atoms with E-state index in [1.54, 1.807) is 37.1 Å². The van der Waals surface area contributed by atoms with E-state index in [0.717, 1.165) is 29.0 Å². The SMILES string of the molecule is Cn1c(-c2ccccc2-n2ccnc2)cnc1[C@H](Cc1ccccn1)N(C=O)c1cc2cc(F)ccc2o1. The summed E-state index contributed by atoms with van der Waals surface area (Å²) in [5.74, 6) is 0.563. The highest BCUT2D eigenvalue weighted by molar-refractivity contribution is 5.85. The maximum atomic E-state index is 13.8. The Hall–Kier alpha value is -5.05. The molecule has 4 aromatic heterocycles. The molecule has 0 fully saturated rings. The smallest absolute Gasteiger partial charge is 0.217 e. The van der Waals surface area contributed by atoms with Crippen molar-refractivity contribution >= 4 is 23.3 Å². The molecule has 1 atom stereocenters. The van der Waals surface area contributed by atoms with Crippen molar-refractivity contribution in [1.82, 2.24) is 24.1 Å². The Balaban J connectivity index is 1.46. The number of benzene rings is 2. The number of para-hydroxylation sites is 1. The number of anilines is 1. The first-order chi connectivity index (χ1) is 18.6. The van der Waals surface area contributed by atoms with Crippen LogP contribution in [0.3, 0.4) is 0 Å². The largest absolute Gasteiger partial charge is 0.440 e. The lowest BCUT2D eigenvalue weighted by Gasteiger charge is -2.26. The number of aromatic nitrogens is 5. The predicted octanol–water partition coefficient (Wildman–Crippen LogP) is 5.50. The van der Waals surface area contributed by atoms with Gasteiger partial charge in [-0.05, 0) is 36.4 Å². The first kappa shape index (κ1) is 23.4. The number of rotatable bonds is 8. The van der Waals surface area contributed by atoms with Crippen molar-refractivity contribution in [2.24, 2.45) is 7.05 Å². The van der Waals surface area contributed by atoms with E-state index >= 15 is 0 Å². The monoisotopic (exact) mass is 506 g/mol. The second kappa shape index (κ2) is 9.78. The minimum atomic E-state index is -0.549. The molecule has 0 saturated carbocycles. The normalized spacial score (nSPS) is 12.1. The minimum Gasteiger partial charge on any atom is -0.440 e. The Morgan fingerprint density at radius 3 is 2.71 bits per heavy atom. The van der Waals surface area contributed by atoms with Crippen molar-refractivity contribution in [3.8, 4) is 16.9 Å². The first-order valence-electron chi connectivity index (χ1n) is 12.0. The number of carbonyl (C=O) groups excluding carboxylic acids is 1. The fourth-order valence-electron chi connectivity index (χ4n) is 4.74. The van der Waals surface area contributed by atoms with Gasteiger partial charge in [0.2, 0.25) is 12.3 Å². The summed E-state index contributed by atoms with van der Waals surface area (Å²) in [7, 11) is 1.92. The van der Waals surface area contributed by atoms with Crippen LogP contribution in [0.2, 0.25) is 0 Å². The van der Waals surface area contributed by atoms with Gasteiger partial charge in [-0.15, -0.1) is 0 Å². The Morgan fingerprint density at radius 2 is 1.92 bits per heavy atom. The molecular weight excluding hydrogens is 483 g/mol. The van der Waals surface area contributed by atoms with Crippen LogP contribution in [0.25, 0.3) is 27.9 Å². The van der Waals surface area contributed by atoms with Crippen LogP contribution < -0.4 is 4.90 Å². The van der Waals surface area contributed by atoms with Crippen LogP contribution in [-0.2, 0) is 18.3 Å². The summed E-state index contributed by atoms with van der Waals surface area (Å²) in [5, 5.41) is 0.568. The third-order valence-corrected chi connectivity index (χ3v) is 6.58. The summed E-state index contributed by atoms with van der Waals surface area (Å²) >= 11 is 0. The second-order valence-electron chi connectivity index (χ2n) is 8.87. The van der Waals surface area contributed by atoms with Gasteiger partial charge in [-0.25, -0.2) is 14.4 Å². The molecule has 0 aliphatic carbocycles. The summed E-state index contributed by atoms with van der Waals surface area (Å²) in [4.78, 5) is 27.5. The van der Waals surface area contributed by atoms with Gasteiger partial charge in [-0.2, -0.15) is 0 Å². The number of hydrogen-bond donors (Lipinski definition) is 0. The number of halogens is 1. The van der Waals surface area contributed by atoms with E-state index in [0.29, 0.717) is 29.1 Å². The molecule has 188 valence electrons. The molecule has 9 heteroatoms. The molecule has 0 aliphatic heterocycles. The molecule has 0 saturated heterocycles. The Morgan fingerprint density at radius 1 is 1.05 bits per heavy atom. The zero-order valence-corrected chi connectivity index (χ0v) is 20.5. The zero-order valence-electron chi connectivity index (χ0n) is 20.5. The van der Waals surface area contributed by atoms with Gasteiger partial charge in [0.15, 0.2) is 0 Å². The van der Waals surface area contributed by atoms with Crippen LogP contribution in [0.1, 0.15) is 17.6 Å². The maximum Gasteiger partial charge on any atom is 0.217 e. The van der Waals surface area contributed by atoms with Crippen LogP contribution >= 0.6 is 0 Å². The quantitative estimate of drug-likeness (QED) is 0.255. The summed E-state index contributed by atoms with van der Waals surface area (Å²) in [6, 6.07) is 19.0. The van der Waals surface area contributed by atoms with E-state index in [2.05, 4.69) is 9.97 Å². The van der Waals surface area contributed by atoms with Crippen molar-refractivity contribution < 1.29 is 13.6 Å². The van der Waals surface area contributed by atoms with Gasteiger partial charge < -0.3 is 13.6 Å². The van der Waals surface area contributed by atoms with Gasteiger partial charge in [0, 0.05) is 54.8 Å². The van der Waals surface area contributed by atoms with Gasteiger partial charge in [-0.3, -0.25) is 14.7 Å². The van der Waals surface area contributed by atoms with E-state index in [9.17, 15) is 9.18 Å². The average molecular weight is 507 g/mol. The molecule has 8 nitrogen and oxygen atoms in total. The predicted molar refractivity (Wildman–Crippen MR) is 141 cm³/mol. The Bertz CT molecular complexity index is 1710. The molecule has 0 radical (unpaired) electrons. The van der Waals surface area contributed by atoms with E-state index in [-0.39, 0.29) is 5.82 Å². The molecule has 0 spiro atoms. The van der Waals surface area contributed by atoms with Crippen molar-refractivity contribution in [2.75, 3.05) is 4.90 Å². The molecule has 0 aliphatic rings. The van der Waals surface area contributed by atoms with Gasteiger partial charge >= 0.3 is 0 Å². The number of carbonyl (C=O) groups is 1. The lowest BCUT2D eigenvalue weighted by Crippen LogP contribution is -2.31. The van der Waals surface area contributed by atoms with Gasteiger partial charge in [0.25, 0.3) is 0 Å². The number of furan rings is 1. The van der Waals surface area contributed by atoms with Gasteiger partial charge in [0.05, 0.1) is 23.9 Å². The first-order valence-corrected chi connectivity index (χ1v) is 12.0. The number of fused-ring (bicyclic) bond motifs is 1. The summed E-state index contributed by atoms with van der Waals surface area (Å²) < 4.78 is 23.7. The van der Waals surface area contributed by atoms with E-state index in [1.807, 2.05) is 64.8 Å². The van der Waals surface area contributed by atoms with Crippen LogP contribution in [0, 0.1) is 5.82 Å². The molecule has 0 bridgehead atoms. The Kier molecular flexibility index (Phi) is 6.01. The van der Waals surface area contributed by atoms with Crippen molar-refractivity contribution in [2.45, 2.75) is 12.5 Å². The van der Waals surface area contributed by atoms with Gasteiger partial charge in [-0.1, -0.05) is 24.3 Å². The van der Waals surface area contributed by atoms with Crippen molar-refractivity contribution in [1.29, 1.82) is 0 Å². The molecule has 2 aromatic carbocycles. The highest BCUT2D eigenvalue weighted by Crippen LogP contribution is 2.35. The number of imidazole rings is 2. The average Bonchev–Trinajstić information content (AvgIpc) is 3.69. The summed E-state index contributed by atoms with van der Waals surface area (Å²) in [5.41, 5.74) is 4.05. The summed E-state index contributed by atoms with van der Waals surface area (Å²) in [6.45, 7) is 0. The minimum absolute atomic E-state index is 0.296.